The molecule has 0 N–H and O–H groups in total. The summed E-state index contributed by atoms with van der Waals surface area (Å²) in [6, 6.07) is 5.89. The Labute approximate surface area is 220 Å². The van der Waals surface area contributed by atoms with Crippen LogP contribution < -0.4 is 9.47 Å². The third kappa shape index (κ3) is 6.65. The fourth-order valence-electron chi connectivity index (χ4n) is 5.01. The quantitative estimate of drug-likeness (QED) is 0.193. The molecule has 3 aromatic carbocycles. The van der Waals surface area contributed by atoms with Crippen molar-refractivity contribution in [2.75, 3.05) is 6.61 Å². The number of halogens is 8. The molecule has 0 radical (unpaired) electrons. The normalized spacial score (nSPS) is 17.8. The molecule has 210 valence electrons. The molecular formula is C29H26F8O2. The van der Waals surface area contributed by atoms with Crippen molar-refractivity contribution in [3.8, 4) is 22.6 Å². The molecule has 1 aliphatic carbocycles. The second-order valence-electron chi connectivity index (χ2n) is 9.71. The van der Waals surface area contributed by atoms with Crippen LogP contribution in [-0.2, 0) is 0 Å². The van der Waals surface area contributed by atoms with Gasteiger partial charge in [0.15, 0.2) is 35.6 Å². The van der Waals surface area contributed by atoms with E-state index in [-0.39, 0.29) is 17.0 Å². The van der Waals surface area contributed by atoms with Gasteiger partial charge in [0.2, 0.25) is 5.82 Å². The van der Waals surface area contributed by atoms with Crippen LogP contribution in [0, 0.1) is 40.8 Å². The molecule has 1 aliphatic rings. The smallest absolute Gasteiger partial charge is 0.433 e. The maximum atomic E-state index is 14.8. The van der Waals surface area contributed by atoms with E-state index < -0.39 is 64.7 Å². The minimum Gasteiger partial charge on any atom is -0.480 e. The zero-order valence-electron chi connectivity index (χ0n) is 21.0. The minimum absolute atomic E-state index is 0.160. The number of hydrogen-bond acceptors (Lipinski definition) is 2. The fourth-order valence-corrected chi connectivity index (χ4v) is 5.01. The Kier molecular flexibility index (Phi) is 8.71. The highest BCUT2D eigenvalue weighted by Gasteiger charge is 2.34. The van der Waals surface area contributed by atoms with Gasteiger partial charge < -0.3 is 9.47 Å². The summed E-state index contributed by atoms with van der Waals surface area (Å²) < 4.78 is 122. The summed E-state index contributed by atoms with van der Waals surface area (Å²) >= 11 is 0. The van der Waals surface area contributed by atoms with Gasteiger partial charge >= 0.3 is 6.11 Å². The monoisotopic (exact) mass is 558 g/mol. The van der Waals surface area contributed by atoms with Crippen molar-refractivity contribution in [1.29, 1.82) is 0 Å². The maximum Gasteiger partial charge on any atom is 0.433 e. The molecule has 0 atom stereocenters. The molecule has 0 heterocycles. The van der Waals surface area contributed by atoms with Crippen molar-refractivity contribution in [3.63, 3.8) is 0 Å². The number of rotatable bonds is 9. The molecule has 0 spiro atoms. The molecule has 0 unspecified atom stereocenters. The van der Waals surface area contributed by atoms with E-state index in [4.69, 9.17) is 4.74 Å². The van der Waals surface area contributed by atoms with Crippen LogP contribution in [0.15, 0.2) is 42.5 Å². The number of hydrogen-bond donors (Lipinski definition) is 0. The van der Waals surface area contributed by atoms with Gasteiger partial charge in [-0.1, -0.05) is 25.8 Å². The molecule has 2 nitrogen and oxygen atoms in total. The average molecular weight is 559 g/mol. The third-order valence-corrected chi connectivity index (χ3v) is 6.96. The largest absolute Gasteiger partial charge is 0.480 e. The number of benzene rings is 3. The highest BCUT2D eigenvalue weighted by molar-refractivity contribution is 5.65. The lowest BCUT2D eigenvalue weighted by atomic mass is 9.77. The van der Waals surface area contributed by atoms with Crippen LogP contribution in [0.25, 0.3) is 11.1 Å². The first-order valence-electron chi connectivity index (χ1n) is 12.6. The van der Waals surface area contributed by atoms with Gasteiger partial charge in [0.05, 0.1) is 0 Å². The fraction of sp³-hybridized carbons (Fsp3) is 0.379. The standard InChI is InChI=1S/C29H26F8O2/c1-2-3-16-4-6-17(7-5-16)21-10-11-25(28(35)26(21)33)38-15-29(36,37)39-19-8-9-20(22(30)14-19)18-12-23(31)27(34)24(32)13-18/h8-14,16-17H,2-7,15H2,1H3. The van der Waals surface area contributed by atoms with Crippen LogP contribution in [0.3, 0.4) is 0 Å². The molecule has 0 aromatic heterocycles. The Balaban J connectivity index is 1.40. The van der Waals surface area contributed by atoms with E-state index in [0.717, 1.165) is 43.9 Å². The van der Waals surface area contributed by atoms with Gasteiger partial charge in [-0.2, -0.15) is 13.2 Å². The molecule has 0 aliphatic heterocycles. The van der Waals surface area contributed by atoms with E-state index in [2.05, 4.69) is 11.7 Å². The lowest BCUT2D eigenvalue weighted by Crippen LogP contribution is -2.32. The summed E-state index contributed by atoms with van der Waals surface area (Å²) in [4.78, 5) is 0. The summed E-state index contributed by atoms with van der Waals surface area (Å²) in [6.45, 7) is 0.591. The minimum atomic E-state index is -4.08. The third-order valence-electron chi connectivity index (χ3n) is 6.96. The van der Waals surface area contributed by atoms with Crippen LogP contribution in [0.2, 0.25) is 0 Å². The predicted molar refractivity (Wildman–Crippen MR) is 129 cm³/mol. The topological polar surface area (TPSA) is 18.5 Å². The van der Waals surface area contributed by atoms with Crippen LogP contribution in [-0.4, -0.2) is 12.7 Å². The highest BCUT2D eigenvalue weighted by atomic mass is 19.3. The van der Waals surface area contributed by atoms with Gasteiger partial charge in [-0.15, -0.1) is 0 Å². The van der Waals surface area contributed by atoms with Gasteiger partial charge in [-0.3, -0.25) is 0 Å². The van der Waals surface area contributed by atoms with Gasteiger partial charge in [0, 0.05) is 11.6 Å². The van der Waals surface area contributed by atoms with Crippen LogP contribution in [0.1, 0.15) is 56.9 Å². The van der Waals surface area contributed by atoms with Gasteiger partial charge in [-0.05, 0) is 79.0 Å². The van der Waals surface area contributed by atoms with Crippen LogP contribution >= 0.6 is 0 Å². The first-order valence-corrected chi connectivity index (χ1v) is 12.6. The second-order valence-corrected chi connectivity index (χ2v) is 9.71. The summed E-state index contributed by atoms with van der Waals surface area (Å²) in [5, 5.41) is 0. The van der Waals surface area contributed by atoms with Gasteiger partial charge in [0.25, 0.3) is 0 Å². The van der Waals surface area contributed by atoms with Crippen molar-refractivity contribution in [2.45, 2.75) is 57.5 Å². The summed E-state index contributed by atoms with van der Waals surface area (Å²) in [7, 11) is 0. The molecule has 0 saturated heterocycles. The molecule has 1 saturated carbocycles. The molecule has 4 rings (SSSR count). The zero-order valence-corrected chi connectivity index (χ0v) is 21.0. The summed E-state index contributed by atoms with van der Waals surface area (Å²) in [5.74, 6) is -9.52. The van der Waals surface area contributed by atoms with Crippen LogP contribution in [0.5, 0.6) is 11.5 Å². The van der Waals surface area contributed by atoms with Crippen molar-refractivity contribution in [2.24, 2.45) is 5.92 Å². The first-order chi connectivity index (χ1) is 18.5. The molecule has 3 aromatic rings. The maximum absolute atomic E-state index is 14.8. The van der Waals surface area contributed by atoms with E-state index in [1.54, 1.807) is 0 Å². The summed E-state index contributed by atoms with van der Waals surface area (Å²) in [6.07, 6.45) is 1.35. The first kappa shape index (κ1) is 28.7. The lowest BCUT2D eigenvalue weighted by molar-refractivity contribution is -0.195. The van der Waals surface area contributed by atoms with Crippen molar-refractivity contribution in [3.05, 3.63) is 82.9 Å². The highest BCUT2D eigenvalue weighted by Crippen LogP contribution is 2.40. The van der Waals surface area contributed by atoms with Gasteiger partial charge in [-0.25, -0.2) is 22.0 Å². The van der Waals surface area contributed by atoms with E-state index >= 15 is 0 Å². The van der Waals surface area contributed by atoms with E-state index in [0.29, 0.717) is 37.0 Å². The van der Waals surface area contributed by atoms with Crippen molar-refractivity contribution < 1.29 is 44.6 Å². The molecular weight excluding hydrogens is 532 g/mol. The molecule has 1 fully saturated rings. The van der Waals surface area contributed by atoms with Crippen molar-refractivity contribution >= 4 is 0 Å². The molecule has 39 heavy (non-hydrogen) atoms. The van der Waals surface area contributed by atoms with Crippen LogP contribution in [0.4, 0.5) is 35.1 Å². The Hall–Kier alpha value is -3.30. The van der Waals surface area contributed by atoms with Gasteiger partial charge in [0.1, 0.15) is 11.6 Å². The zero-order chi connectivity index (χ0) is 28.3. The molecule has 0 bridgehead atoms. The lowest BCUT2D eigenvalue weighted by Gasteiger charge is -2.29. The Morgan fingerprint density at radius 1 is 0.769 bits per heavy atom. The Bertz CT molecular complexity index is 1300. The van der Waals surface area contributed by atoms with Crippen molar-refractivity contribution in [1.82, 2.24) is 0 Å². The average Bonchev–Trinajstić information content (AvgIpc) is 2.88. The molecule has 0 amide bonds. The van der Waals surface area contributed by atoms with E-state index in [1.807, 2.05) is 0 Å². The summed E-state index contributed by atoms with van der Waals surface area (Å²) in [5.41, 5.74) is -0.564. The molecule has 10 heteroatoms. The predicted octanol–water partition coefficient (Wildman–Crippen LogP) is 9.31. The Morgan fingerprint density at radius 3 is 2.05 bits per heavy atom. The number of alkyl halides is 2. The van der Waals surface area contributed by atoms with E-state index in [9.17, 15) is 35.1 Å². The van der Waals surface area contributed by atoms with E-state index in [1.165, 1.54) is 6.07 Å². The number of ether oxygens (including phenoxy) is 2. The Morgan fingerprint density at radius 2 is 1.44 bits per heavy atom. The second kappa shape index (κ2) is 11.8. The SMILES string of the molecule is CCCC1CCC(c2ccc(OCC(F)(F)Oc3ccc(-c4cc(F)c(F)c(F)c4)c(F)c3)c(F)c2F)CC1.